The number of hydrogen-bond acceptors (Lipinski definition) is 3. The molecule has 1 aromatic carbocycles. The number of anilines is 1. The molecule has 0 aliphatic carbocycles. The third-order valence-corrected chi connectivity index (χ3v) is 2.91. The maximum absolute atomic E-state index is 11.9. The first kappa shape index (κ1) is 19.4. The Morgan fingerprint density at radius 3 is 2.24 bits per heavy atom. The highest BCUT2D eigenvalue weighted by atomic mass is 35.5. The number of aryl methyl sites for hydroxylation is 1. The molecule has 0 fully saturated rings. The van der Waals surface area contributed by atoms with Gasteiger partial charge in [-0.2, -0.15) is 0 Å². The molecule has 0 saturated carbocycles. The van der Waals surface area contributed by atoms with Gasteiger partial charge < -0.3 is 10.4 Å². The fourth-order valence-electron chi connectivity index (χ4n) is 1.95. The molecular weight excluding hydrogens is 292 g/mol. The van der Waals surface area contributed by atoms with Crippen molar-refractivity contribution < 1.29 is 14.7 Å². The van der Waals surface area contributed by atoms with Crippen molar-refractivity contribution in [2.75, 3.05) is 25.0 Å². The van der Waals surface area contributed by atoms with Crippen LogP contribution < -0.4 is 5.32 Å². The molecule has 1 amide bonds. The first-order valence-corrected chi connectivity index (χ1v) is 6.88. The summed E-state index contributed by atoms with van der Waals surface area (Å²) in [6, 6.07) is 7.66. The van der Waals surface area contributed by atoms with Crippen LogP contribution in [-0.4, -0.2) is 41.5 Å². The Bertz CT molecular complexity index is 449. The Morgan fingerprint density at radius 2 is 1.76 bits per heavy atom. The van der Waals surface area contributed by atoms with Gasteiger partial charge in [0.2, 0.25) is 5.91 Å². The van der Waals surface area contributed by atoms with Gasteiger partial charge in [-0.1, -0.05) is 26.0 Å². The zero-order chi connectivity index (χ0) is 15.0. The SMILES string of the molecule is CCCN(CC(=O)O)CC(=O)Nc1ccc(CC)cc1.Cl. The van der Waals surface area contributed by atoms with Crippen LogP contribution in [0, 0.1) is 0 Å². The summed E-state index contributed by atoms with van der Waals surface area (Å²) in [5, 5.41) is 11.6. The molecule has 0 spiro atoms. The lowest BCUT2D eigenvalue weighted by atomic mass is 10.1. The highest BCUT2D eigenvalue weighted by Crippen LogP contribution is 2.10. The summed E-state index contributed by atoms with van der Waals surface area (Å²) in [4.78, 5) is 24.2. The van der Waals surface area contributed by atoms with Crippen LogP contribution in [0.4, 0.5) is 5.69 Å². The smallest absolute Gasteiger partial charge is 0.317 e. The average Bonchev–Trinajstić information content (AvgIpc) is 2.39. The van der Waals surface area contributed by atoms with Crippen molar-refractivity contribution >= 4 is 30.0 Å². The minimum atomic E-state index is -0.918. The zero-order valence-corrected chi connectivity index (χ0v) is 13.3. The molecule has 21 heavy (non-hydrogen) atoms. The van der Waals surface area contributed by atoms with Gasteiger partial charge >= 0.3 is 5.97 Å². The van der Waals surface area contributed by atoms with Crippen LogP contribution in [0.5, 0.6) is 0 Å². The van der Waals surface area contributed by atoms with Gasteiger partial charge in [0.1, 0.15) is 0 Å². The predicted molar refractivity (Wildman–Crippen MR) is 86.1 cm³/mol. The van der Waals surface area contributed by atoms with Crippen LogP contribution in [0.3, 0.4) is 0 Å². The van der Waals surface area contributed by atoms with Crippen LogP contribution in [0.25, 0.3) is 0 Å². The lowest BCUT2D eigenvalue weighted by Gasteiger charge is -2.18. The van der Waals surface area contributed by atoms with Gasteiger partial charge in [-0.15, -0.1) is 12.4 Å². The second-order valence-corrected chi connectivity index (χ2v) is 4.70. The fraction of sp³-hybridized carbons (Fsp3) is 0.467. The van der Waals surface area contributed by atoms with Crippen molar-refractivity contribution in [3.63, 3.8) is 0 Å². The Labute approximate surface area is 131 Å². The van der Waals surface area contributed by atoms with Crippen molar-refractivity contribution in [2.45, 2.75) is 26.7 Å². The lowest BCUT2D eigenvalue weighted by Crippen LogP contribution is -2.37. The van der Waals surface area contributed by atoms with E-state index in [1.54, 1.807) is 4.90 Å². The number of rotatable bonds is 8. The lowest BCUT2D eigenvalue weighted by molar-refractivity contribution is -0.138. The fourth-order valence-corrected chi connectivity index (χ4v) is 1.95. The topological polar surface area (TPSA) is 69.6 Å². The van der Waals surface area contributed by atoms with E-state index in [-0.39, 0.29) is 31.4 Å². The van der Waals surface area contributed by atoms with E-state index in [0.717, 1.165) is 18.5 Å². The van der Waals surface area contributed by atoms with Crippen molar-refractivity contribution in [3.8, 4) is 0 Å². The zero-order valence-electron chi connectivity index (χ0n) is 12.5. The molecule has 0 bridgehead atoms. The molecule has 0 atom stereocenters. The summed E-state index contributed by atoms with van der Waals surface area (Å²) >= 11 is 0. The summed E-state index contributed by atoms with van der Waals surface area (Å²) in [7, 11) is 0. The van der Waals surface area contributed by atoms with Gasteiger partial charge in [0, 0.05) is 5.69 Å². The number of carbonyl (C=O) groups is 2. The molecule has 0 unspecified atom stereocenters. The molecule has 0 aliphatic heterocycles. The van der Waals surface area contributed by atoms with E-state index in [4.69, 9.17) is 5.11 Å². The summed E-state index contributed by atoms with van der Waals surface area (Å²) in [5.74, 6) is -1.11. The van der Waals surface area contributed by atoms with Gasteiger partial charge in [0.25, 0.3) is 0 Å². The summed E-state index contributed by atoms with van der Waals surface area (Å²) < 4.78 is 0. The number of amides is 1. The molecular formula is C15H23ClN2O3. The molecule has 0 aromatic heterocycles. The van der Waals surface area contributed by atoms with Gasteiger partial charge in [0.15, 0.2) is 0 Å². The van der Waals surface area contributed by atoms with E-state index < -0.39 is 5.97 Å². The number of carboxylic acid groups (broad SMARTS) is 1. The molecule has 0 radical (unpaired) electrons. The maximum Gasteiger partial charge on any atom is 0.317 e. The third kappa shape index (κ3) is 7.68. The van der Waals surface area contributed by atoms with E-state index in [0.29, 0.717) is 6.54 Å². The quantitative estimate of drug-likeness (QED) is 0.773. The average molecular weight is 315 g/mol. The number of aliphatic carboxylic acids is 1. The van der Waals surface area contributed by atoms with Gasteiger partial charge in [-0.25, -0.2) is 0 Å². The van der Waals surface area contributed by atoms with Crippen LogP contribution in [0.1, 0.15) is 25.8 Å². The molecule has 6 heteroatoms. The van der Waals surface area contributed by atoms with E-state index >= 15 is 0 Å². The molecule has 118 valence electrons. The second kappa shape index (κ2) is 10.2. The van der Waals surface area contributed by atoms with Gasteiger partial charge in [-0.05, 0) is 37.1 Å². The summed E-state index contributed by atoms with van der Waals surface area (Å²) in [5.41, 5.74) is 1.94. The van der Waals surface area contributed by atoms with Crippen LogP contribution in [0.15, 0.2) is 24.3 Å². The summed E-state index contributed by atoms with van der Waals surface area (Å²) in [6.45, 7) is 4.60. The largest absolute Gasteiger partial charge is 0.480 e. The molecule has 0 aliphatic rings. The molecule has 1 aromatic rings. The number of carbonyl (C=O) groups excluding carboxylic acids is 1. The van der Waals surface area contributed by atoms with Crippen LogP contribution in [-0.2, 0) is 16.0 Å². The van der Waals surface area contributed by atoms with Gasteiger partial charge in [-0.3, -0.25) is 14.5 Å². The Balaban J connectivity index is 0.00000400. The Morgan fingerprint density at radius 1 is 1.14 bits per heavy atom. The number of carboxylic acids is 1. The number of hydrogen-bond donors (Lipinski definition) is 2. The highest BCUT2D eigenvalue weighted by Gasteiger charge is 2.13. The monoisotopic (exact) mass is 314 g/mol. The molecule has 2 N–H and O–H groups in total. The van der Waals surface area contributed by atoms with Crippen molar-refractivity contribution in [2.24, 2.45) is 0 Å². The molecule has 0 saturated heterocycles. The van der Waals surface area contributed by atoms with Gasteiger partial charge in [0.05, 0.1) is 13.1 Å². The number of nitrogens with one attached hydrogen (secondary N) is 1. The third-order valence-electron chi connectivity index (χ3n) is 2.91. The standard InChI is InChI=1S/C15H22N2O3.ClH/c1-3-9-17(11-15(19)20)10-14(18)16-13-7-5-12(4-2)6-8-13;/h5-8H,3-4,9-11H2,1-2H3,(H,16,18)(H,19,20);1H. The molecule has 1 rings (SSSR count). The van der Waals surface area contributed by atoms with E-state index in [1.807, 2.05) is 31.2 Å². The predicted octanol–water partition coefficient (Wildman–Crippen LogP) is 2.41. The highest BCUT2D eigenvalue weighted by molar-refractivity contribution is 5.92. The normalized spacial score (nSPS) is 10.0. The van der Waals surface area contributed by atoms with Crippen LogP contribution >= 0.6 is 12.4 Å². The number of halogens is 1. The summed E-state index contributed by atoms with van der Waals surface area (Å²) in [6.07, 6.45) is 1.77. The Kier molecular flexibility index (Phi) is 9.41. The minimum Gasteiger partial charge on any atom is -0.480 e. The molecule has 0 heterocycles. The maximum atomic E-state index is 11.9. The van der Waals surface area contributed by atoms with Crippen molar-refractivity contribution in [1.82, 2.24) is 4.90 Å². The van der Waals surface area contributed by atoms with E-state index in [2.05, 4.69) is 12.2 Å². The van der Waals surface area contributed by atoms with Crippen LogP contribution in [0.2, 0.25) is 0 Å². The number of benzene rings is 1. The first-order valence-electron chi connectivity index (χ1n) is 6.88. The number of nitrogens with zero attached hydrogens (tertiary/aromatic N) is 1. The van der Waals surface area contributed by atoms with E-state index in [9.17, 15) is 9.59 Å². The van der Waals surface area contributed by atoms with E-state index in [1.165, 1.54) is 5.56 Å². The molecule has 5 nitrogen and oxygen atoms in total. The van der Waals surface area contributed by atoms with Crippen molar-refractivity contribution in [1.29, 1.82) is 0 Å². The Hall–Kier alpha value is -1.59. The minimum absolute atomic E-state index is 0. The van der Waals surface area contributed by atoms with Crippen molar-refractivity contribution in [3.05, 3.63) is 29.8 Å². The second-order valence-electron chi connectivity index (χ2n) is 4.70. The first-order chi connectivity index (χ1) is 9.55.